The molecule has 0 atom stereocenters. The zero-order valence-corrected chi connectivity index (χ0v) is 11.9. The summed E-state index contributed by atoms with van der Waals surface area (Å²) in [5.74, 6) is -0.121. The van der Waals surface area contributed by atoms with Gasteiger partial charge in [0, 0.05) is 22.3 Å². The minimum Gasteiger partial charge on any atom is -0.352 e. The number of aromatic amines is 1. The lowest BCUT2D eigenvalue weighted by molar-refractivity contribution is -0.122. The van der Waals surface area contributed by atoms with E-state index < -0.39 is 0 Å². The highest BCUT2D eigenvalue weighted by atomic mass is 16.2. The molecule has 0 saturated carbocycles. The van der Waals surface area contributed by atoms with Crippen molar-refractivity contribution in [1.29, 1.82) is 0 Å². The molecule has 6 heteroatoms. The molecule has 108 valence electrons. The molecule has 1 aromatic carbocycles. The number of para-hydroxylation sites is 1. The van der Waals surface area contributed by atoms with E-state index in [4.69, 9.17) is 0 Å². The number of fused-ring (bicyclic) bond motifs is 3. The predicted molar refractivity (Wildman–Crippen MR) is 81.1 cm³/mol. The van der Waals surface area contributed by atoms with E-state index in [0.717, 1.165) is 16.3 Å². The number of nitrogens with zero attached hydrogens (tertiary/aromatic N) is 2. The highest BCUT2D eigenvalue weighted by Crippen LogP contribution is 2.25. The molecule has 0 unspecified atom stereocenters. The summed E-state index contributed by atoms with van der Waals surface area (Å²) in [6, 6.07) is 7.68. The van der Waals surface area contributed by atoms with Gasteiger partial charge in [0.05, 0.1) is 6.20 Å². The number of hydrogen-bond acceptors (Lipinski definition) is 3. The number of nitrogens with one attached hydrogen (secondary N) is 2. The third-order valence-corrected chi connectivity index (χ3v) is 3.34. The highest BCUT2D eigenvalue weighted by Gasteiger charge is 2.15. The van der Waals surface area contributed by atoms with Crippen molar-refractivity contribution in [2.75, 3.05) is 0 Å². The number of carbonyl (C=O) groups excluding carboxylic acids is 1. The van der Waals surface area contributed by atoms with Gasteiger partial charge in [-0.1, -0.05) is 18.2 Å². The van der Waals surface area contributed by atoms with Crippen LogP contribution < -0.4 is 10.9 Å². The third kappa shape index (κ3) is 2.29. The fourth-order valence-corrected chi connectivity index (χ4v) is 2.59. The van der Waals surface area contributed by atoms with E-state index >= 15 is 0 Å². The van der Waals surface area contributed by atoms with E-state index in [1.807, 2.05) is 38.1 Å². The SMILES string of the molecule is CC(C)NC(=O)Cn1c2ccccc2c2cn[nH]c(=O)c21. The van der Waals surface area contributed by atoms with Gasteiger partial charge in [-0.3, -0.25) is 9.59 Å². The average Bonchev–Trinajstić information content (AvgIpc) is 2.74. The predicted octanol–water partition coefficient (Wildman–Crippen LogP) is 1.40. The van der Waals surface area contributed by atoms with E-state index in [9.17, 15) is 9.59 Å². The molecular weight excluding hydrogens is 268 g/mol. The Balaban J connectivity index is 2.23. The summed E-state index contributed by atoms with van der Waals surface area (Å²) in [5, 5.41) is 10.8. The van der Waals surface area contributed by atoms with Crippen LogP contribution in [0.2, 0.25) is 0 Å². The number of aromatic nitrogens is 3. The van der Waals surface area contributed by atoms with E-state index in [2.05, 4.69) is 15.5 Å². The van der Waals surface area contributed by atoms with Gasteiger partial charge in [0.1, 0.15) is 12.1 Å². The Morgan fingerprint density at radius 2 is 2.10 bits per heavy atom. The van der Waals surface area contributed by atoms with E-state index in [-0.39, 0.29) is 24.1 Å². The van der Waals surface area contributed by atoms with Crippen molar-refractivity contribution < 1.29 is 4.79 Å². The lowest BCUT2D eigenvalue weighted by Crippen LogP contribution is -2.33. The fraction of sp³-hybridized carbons (Fsp3) is 0.267. The fourth-order valence-electron chi connectivity index (χ4n) is 2.59. The second kappa shape index (κ2) is 5.05. The minimum atomic E-state index is -0.291. The lowest BCUT2D eigenvalue weighted by Gasteiger charge is -2.10. The number of rotatable bonds is 3. The van der Waals surface area contributed by atoms with E-state index in [1.54, 1.807) is 10.8 Å². The number of benzene rings is 1. The summed E-state index contributed by atoms with van der Waals surface area (Å²) in [7, 11) is 0. The molecule has 2 N–H and O–H groups in total. The van der Waals surface area contributed by atoms with Gasteiger partial charge in [-0.2, -0.15) is 5.10 Å². The van der Waals surface area contributed by atoms with Gasteiger partial charge in [-0.05, 0) is 19.9 Å². The lowest BCUT2D eigenvalue weighted by atomic mass is 10.2. The summed E-state index contributed by atoms with van der Waals surface area (Å²) in [6.07, 6.45) is 1.62. The maximum absolute atomic E-state index is 12.1. The minimum absolute atomic E-state index is 0.0607. The molecule has 0 fully saturated rings. The standard InChI is InChI=1S/C15H16N4O2/c1-9(2)17-13(20)8-19-12-6-4-3-5-10(12)11-7-16-18-15(21)14(11)19/h3-7,9H,8H2,1-2H3,(H,17,20)(H,18,21). The van der Waals surface area contributed by atoms with Crippen molar-refractivity contribution >= 4 is 27.7 Å². The molecule has 0 spiro atoms. The Morgan fingerprint density at radius 1 is 1.33 bits per heavy atom. The van der Waals surface area contributed by atoms with Crippen molar-refractivity contribution in [3.8, 4) is 0 Å². The Bertz CT molecular complexity index is 876. The Morgan fingerprint density at radius 3 is 2.86 bits per heavy atom. The van der Waals surface area contributed by atoms with Gasteiger partial charge in [0.25, 0.3) is 5.56 Å². The van der Waals surface area contributed by atoms with Crippen molar-refractivity contribution in [2.24, 2.45) is 0 Å². The van der Waals surface area contributed by atoms with Crippen LogP contribution in [-0.2, 0) is 11.3 Å². The molecular formula is C15H16N4O2. The molecule has 21 heavy (non-hydrogen) atoms. The normalized spacial score (nSPS) is 11.4. The monoisotopic (exact) mass is 284 g/mol. The van der Waals surface area contributed by atoms with Crippen LogP contribution in [0.4, 0.5) is 0 Å². The summed E-state index contributed by atoms with van der Waals surface area (Å²) < 4.78 is 1.74. The zero-order chi connectivity index (χ0) is 15.0. The van der Waals surface area contributed by atoms with Crippen molar-refractivity contribution in [3.05, 3.63) is 40.8 Å². The van der Waals surface area contributed by atoms with Gasteiger partial charge < -0.3 is 9.88 Å². The molecule has 2 heterocycles. The van der Waals surface area contributed by atoms with E-state index in [1.165, 1.54) is 0 Å². The molecule has 1 amide bonds. The van der Waals surface area contributed by atoms with Gasteiger partial charge in [-0.25, -0.2) is 5.10 Å². The molecule has 0 aliphatic heterocycles. The summed E-state index contributed by atoms with van der Waals surface area (Å²) in [4.78, 5) is 24.2. The second-order valence-corrected chi connectivity index (χ2v) is 5.29. The van der Waals surface area contributed by atoms with Gasteiger partial charge in [-0.15, -0.1) is 0 Å². The zero-order valence-electron chi connectivity index (χ0n) is 11.9. The quantitative estimate of drug-likeness (QED) is 0.763. The Labute approximate surface area is 120 Å². The summed E-state index contributed by atoms with van der Waals surface area (Å²) in [5.41, 5.74) is 1.04. The van der Waals surface area contributed by atoms with Crippen molar-refractivity contribution in [1.82, 2.24) is 20.1 Å². The van der Waals surface area contributed by atoms with Crippen LogP contribution in [0.5, 0.6) is 0 Å². The van der Waals surface area contributed by atoms with Crippen LogP contribution in [-0.4, -0.2) is 26.7 Å². The molecule has 0 aliphatic carbocycles. The van der Waals surface area contributed by atoms with E-state index in [0.29, 0.717) is 5.52 Å². The van der Waals surface area contributed by atoms with Crippen LogP contribution in [0.3, 0.4) is 0 Å². The number of amides is 1. The molecule has 2 aromatic heterocycles. The maximum atomic E-state index is 12.1. The smallest absolute Gasteiger partial charge is 0.288 e. The van der Waals surface area contributed by atoms with Crippen molar-refractivity contribution in [3.63, 3.8) is 0 Å². The first-order valence-electron chi connectivity index (χ1n) is 6.82. The third-order valence-electron chi connectivity index (χ3n) is 3.34. The second-order valence-electron chi connectivity index (χ2n) is 5.29. The Hall–Kier alpha value is -2.63. The Kier molecular flexibility index (Phi) is 3.21. The van der Waals surface area contributed by atoms with Crippen LogP contribution in [0.25, 0.3) is 21.8 Å². The summed E-state index contributed by atoms with van der Waals surface area (Å²) in [6.45, 7) is 3.91. The largest absolute Gasteiger partial charge is 0.352 e. The summed E-state index contributed by atoms with van der Waals surface area (Å²) >= 11 is 0. The molecule has 3 aromatic rings. The van der Waals surface area contributed by atoms with Gasteiger partial charge in [0.15, 0.2) is 0 Å². The maximum Gasteiger partial charge on any atom is 0.288 e. The topological polar surface area (TPSA) is 79.8 Å². The molecule has 0 bridgehead atoms. The molecule has 0 saturated heterocycles. The van der Waals surface area contributed by atoms with Crippen molar-refractivity contribution in [2.45, 2.75) is 26.4 Å². The molecule has 6 nitrogen and oxygen atoms in total. The molecule has 0 aliphatic rings. The first-order valence-corrected chi connectivity index (χ1v) is 6.82. The number of hydrogen-bond donors (Lipinski definition) is 2. The number of carbonyl (C=O) groups is 1. The van der Waals surface area contributed by atoms with Crippen LogP contribution >= 0.6 is 0 Å². The van der Waals surface area contributed by atoms with Gasteiger partial charge in [0.2, 0.25) is 5.91 Å². The molecule has 3 rings (SSSR count). The first-order chi connectivity index (χ1) is 10.1. The highest BCUT2D eigenvalue weighted by molar-refractivity contribution is 6.07. The van der Waals surface area contributed by atoms with Crippen LogP contribution in [0, 0.1) is 0 Å². The molecule has 0 radical (unpaired) electrons. The first kappa shape index (κ1) is 13.4. The average molecular weight is 284 g/mol. The van der Waals surface area contributed by atoms with Gasteiger partial charge >= 0.3 is 0 Å². The van der Waals surface area contributed by atoms with Crippen LogP contribution in [0.1, 0.15) is 13.8 Å². The number of H-pyrrole nitrogens is 1. The van der Waals surface area contributed by atoms with Crippen LogP contribution in [0.15, 0.2) is 35.3 Å².